The maximum absolute atomic E-state index is 6.07. The number of nitrogens with zero attached hydrogens (tertiary/aromatic N) is 2. The van der Waals surface area contributed by atoms with Gasteiger partial charge in [-0.3, -0.25) is 9.97 Å². The van der Waals surface area contributed by atoms with Crippen LogP contribution in [0.1, 0.15) is 80.9 Å². The quantitative estimate of drug-likeness (QED) is 0.109. The van der Waals surface area contributed by atoms with Crippen LogP contribution in [0, 0.1) is 20.8 Å². The van der Waals surface area contributed by atoms with Crippen molar-refractivity contribution < 1.29 is 32.0 Å². The summed E-state index contributed by atoms with van der Waals surface area (Å²) in [5.41, 5.74) is 15.4. The van der Waals surface area contributed by atoms with Crippen LogP contribution in [0.2, 0.25) is 20.5 Å². The minimum Gasteiger partial charge on any atom is -0.496 e. The lowest BCUT2D eigenvalue weighted by Gasteiger charge is -2.39. The molecule has 9 nitrogen and oxygen atoms in total. The van der Waals surface area contributed by atoms with Crippen molar-refractivity contribution in [2.75, 3.05) is 14.2 Å². The highest BCUT2D eigenvalue weighted by Gasteiger charge is 2.35. The van der Waals surface area contributed by atoms with E-state index < -0.39 is 0 Å². The Morgan fingerprint density at radius 3 is 1.39 bits per heavy atom. The van der Waals surface area contributed by atoms with E-state index in [1.54, 1.807) is 19.5 Å². The summed E-state index contributed by atoms with van der Waals surface area (Å²) in [6.45, 7) is 11.8. The molecule has 0 radical (unpaired) electrons. The van der Waals surface area contributed by atoms with E-state index in [1.807, 2.05) is 75.3 Å². The van der Waals surface area contributed by atoms with Crippen LogP contribution in [0.15, 0.2) is 165 Å². The van der Waals surface area contributed by atoms with Gasteiger partial charge in [0, 0.05) is 49.5 Å². The number of hydrogen-bond acceptors (Lipinski definition) is 9. The Kier molecular flexibility index (Phi) is 19.0. The molecule has 10 aromatic rings. The van der Waals surface area contributed by atoms with Gasteiger partial charge >= 0.3 is 21.4 Å². The Labute approximate surface area is 482 Å². The van der Waals surface area contributed by atoms with Crippen molar-refractivity contribution >= 4 is 94.4 Å². The molecule has 4 aromatic heterocycles. The average Bonchev–Trinajstić information content (AvgIpc) is 4.17. The van der Waals surface area contributed by atoms with Gasteiger partial charge in [-0.25, -0.2) is 0 Å². The highest BCUT2D eigenvalue weighted by atomic mass is 79.9. The van der Waals surface area contributed by atoms with E-state index in [0.717, 1.165) is 105 Å². The van der Waals surface area contributed by atoms with Gasteiger partial charge < -0.3 is 32.0 Å². The number of furan rings is 2. The molecule has 1 saturated heterocycles. The monoisotopic (exact) mass is 1150 g/mol. The Morgan fingerprint density at radius 1 is 0.475 bits per heavy atom. The number of methoxy groups -OCH3 is 2. The number of aryl methyl sites for hydroxylation is 3. The fraction of sp³-hybridized carbons (Fsp3) is 0.303. The van der Waals surface area contributed by atoms with Crippen molar-refractivity contribution in [3.63, 3.8) is 0 Å². The second-order valence-corrected chi connectivity index (χ2v) is 24.8. The first kappa shape index (κ1) is 57.1. The Bertz CT molecular complexity index is 3480. The number of pyridine rings is 2. The van der Waals surface area contributed by atoms with Gasteiger partial charge in [0.15, 0.2) is 0 Å². The topological polar surface area (TPSA) is 98.2 Å². The Hall–Kier alpha value is -6.20. The third-order valence-corrected chi connectivity index (χ3v) is 20.1. The second kappa shape index (κ2) is 26.6. The summed E-state index contributed by atoms with van der Waals surface area (Å²) in [6.07, 6.45) is 17.9. The lowest BCUT2D eigenvalue weighted by atomic mass is 9.74. The van der Waals surface area contributed by atoms with E-state index in [9.17, 15) is 0 Å². The summed E-state index contributed by atoms with van der Waals surface area (Å²) in [6, 6.07) is 48.2. The van der Waals surface area contributed by atoms with Crippen molar-refractivity contribution in [3.8, 4) is 45.1 Å². The number of rotatable bonds is 8. The van der Waals surface area contributed by atoms with Crippen LogP contribution < -0.4 is 14.8 Å². The van der Waals surface area contributed by atoms with Gasteiger partial charge in [0.2, 0.25) is 0 Å². The molecule has 1 aliphatic heterocycles. The lowest BCUT2D eigenvalue weighted by Crippen LogP contribution is -2.44. The van der Waals surface area contributed by atoms with Crippen LogP contribution in [-0.2, 0) is 13.7 Å². The van der Waals surface area contributed by atoms with Gasteiger partial charge in [0.25, 0.3) is 0 Å². The summed E-state index contributed by atoms with van der Waals surface area (Å²) >= 11 is 3.49. The number of fused-ring (bicyclic) bond motifs is 6. The highest BCUT2D eigenvalue weighted by Crippen LogP contribution is 2.57. The van der Waals surface area contributed by atoms with Crippen molar-refractivity contribution in [1.82, 2.24) is 9.97 Å². The number of benzene rings is 6. The molecule has 3 fully saturated rings. The molecule has 6 aromatic carbocycles. The van der Waals surface area contributed by atoms with Crippen molar-refractivity contribution in [2.24, 2.45) is 0 Å². The molecular formula is C66H71B3BrN2O7P. The van der Waals surface area contributed by atoms with Crippen LogP contribution in [0.5, 0.6) is 11.5 Å². The highest BCUT2D eigenvalue weighted by molar-refractivity contribution is 9.10. The zero-order valence-electron chi connectivity index (χ0n) is 47.5. The molecule has 13 rings (SSSR count). The SMILES string of the molecule is CB1OB(C)OB(C)O1.COc1cccc(OC)c1-c1ccccc1P(C1CCCCC1)C1CCCCC1.Cc1cc(-c2cccc3c2oc2ccccc23)ncc1Br.Cc1cnc(-c2cccc3c2oc2ccccc23)cc1C. The Morgan fingerprint density at radius 2 is 0.900 bits per heavy atom. The molecule has 0 atom stereocenters. The molecule has 5 heterocycles. The van der Waals surface area contributed by atoms with Crippen LogP contribution in [0.25, 0.3) is 77.5 Å². The fourth-order valence-electron chi connectivity index (χ4n) is 11.7. The van der Waals surface area contributed by atoms with Crippen LogP contribution in [0.3, 0.4) is 0 Å². The molecule has 0 bridgehead atoms. The predicted octanol–water partition coefficient (Wildman–Crippen LogP) is 18.5. The fourth-order valence-corrected chi connectivity index (χ4v) is 15.9. The molecule has 0 N–H and O–H groups in total. The lowest BCUT2D eigenvalue weighted by molar-refractivity contribution is 0.294. The van der Waals surface area contributed by atoms with Gasteiger partial charge in [-0.05, 0) is 170 Å². The number of ether oxygens (including phenoxy) is 2. The summed E-state index contributed by atoms with van der Waals surface area (Å²) < 4.78 is 40.1. The van der Waals surface area contributed by atoms with Crippen molar-refractivity contribution in [1.29, 1.82) is 0 Å². The first-order chi connectivity index (χ1) is 39.0. The van der Waals surface area contributed by atoms with Gasteiger partial charge in [0.05, 0.1) is 31.2 Å². The molecule has 14 heteroatoms. The van der Waals surface area contributed by atoms with Crippen LogP contribution in [-0.4, -0.2) is 56.9 Å². The van der Waals surface area contributed by atoms with Crippen LogP contribution >= 0.6 is 23.9 Å². The maximum Gasteiger partial charge on any atom is 0.426 e. The van der Waals surface area contributed by atoms with Gasteiger partial charge in [-0.2, -0.15) is 0 Å². The van der Waals surface area contributed by atoms with E-state index >= 15 is 0 Å². The number of para-hydroxylation sites is 4. The summed E-state index contributed by atoms with van der Waals surface area (Å²) in [5, 5.41) is 6.15. The zero-order chi connectivity index (χ0) is 55.7. The second-order valence-electron chi connectivity index (χ2n) is 21.2. The molecule has 3 aliphatic rings. The molecule has 0 spiro atoms. The Balaban J connectivity index is 0.000000127. The van der Waals surface area contributed by atoms with E-state index in [4.69, 9.17) is 32.0 Å². The predicted molar refractivity (Wildman–Crippen MR) is 339 cm³/mol. The number of hydrogen-bond donors (Lipinski definition) is 0. The molecule has 80 heavy (non-hydrogen) atoms. The first-order valence-corrected chi connectivity index (χ1v) is 30.7. The minimum atomic E-state index is -0.182. The zero-order valence-corrected chi connectivity index (χ0v) is 49.9. The third-order valence-electron chi connectivity index (χ3n) is 15.7. The smallest absolute Gasteiger partial charge is 0.426 e. The molecule has 0 amide bonds. The third kappa shape index (κ3) is 12.9. The summed E-state index contributed by atoms with van der Waals surface area (Å²) in [5.74, 6) is 1.83. The molecule has 408 valence electrons. The largest absolute Gasteiger partial charge is 0.496 e. The molecule has 0 unspecified atom stereocenters. The van der Waals surface area contributed by atoms with Gasteiger partial charge in [0.1, 0.15) is 33.8 Å². The van der Waals surface area contributed by atoms with Crippen LogP contribution in [0.4, 0.5) is 0 Å². The first-order valence-electron chi connectivity index (χ1n) is 28.4. The van der Waals surface area contributed by atoms with Crippen molar-refractivity contribution in [3.05, 3.63) is 173 Å². The van der Waals surface area contributed by atoms with E-state index in [1.165, 1.54) is 80.9 Å². The summed E-state index contributed by atoms with van der Waals surface area (Å²) in [7, 11) is 2.95. The van der Waals surface area contributed by atoms with Gasteiger partial charge in [-0.15, -0.1) is 0 Å². The number of aromatic nitrogens is 2. The average molecular weight is 1150 g/mol. The maximum atomic E-state index is 6.07. The van der Waals surface area contributed by atoms with E-state index in [2.05, 4.69) is 144 Å². The standard InChI is InChI=1S/C26H35O2P.C19H15NO.C18H12BrNO.C3H9B3O3/c1-27-23-17-11-18-24(28-2)26(23)22-16-9-10-19-25(22)29(20-12-5-3-6-13-20)21-14-7-4-8-15-21;1-12-10-17(20-11-13(12)2)16-8-5-7-15-14-6-3-4-9-18(14)21-19(15)16;1-11-9-16(20-10-15(11)19)14-7-4-6-13-12-5-2-3-8-17(12)21-18(13)14;1-4-7-5(2)9-6(3)8-4/h9-11,16-21H,3-8,12-15H2,1-2H3;3-11H,1-2H3;2-10H,1H3;1-3H3. The normalized spacial score (nSPS) is 15.1. The number of halogens is 1. The van der Waals surface area contributed by atoms with E-state index in [-0.39, 0.29) is 29.3 Å². The molecule has 2 aliphatic carbocycles. The van der Waals surface area contributed by atoms with Crippen molar-refractivity contribution in [2.45, 2.75) is 117 Å². The minimum absolute atomic E-state index is 0.135. The summed E-state index contributed by atoms with van der Waals surface area (Å²) in [4.78, 5) is 9.09. The molecule has 2 saturated carbocycles. The van der Waals surface area contributed by atoms with Gasteiger partial charge in [-0.1, -0.05) is 137 Å². The van der Waals surface area contributed by atoms with E-state index in [0.29, 0.717) is 0 Å². The molecular weight excluding hydrogens is 1080 g/mol.